The maximum Gasteiger partial charge on any atom is 0.230 e. The number of carbonyl (C=O) groups is 1. The van der Waals surface area contributed by atoms with Gasteiger partial charge >= 0.3 is 0 Å². The average molecular weight is 363 g/mol. The van der Waals surface area contributed by atoms with Crippen LogP contribution in [-0.2, 0) is 11.2 Å². The number of anilines is 2. The van der Waals surface area contributed by atoms with Gasteiger partial charge in [-0.15, -0.1) is 11.3 Å². The highest BCUT2D eigenvalue weighted by Gasteiger charge is 2.13. The largest absolute Gasteiger partial charge is 0.372 e. The van der Waals surface area contributed by atoms with Crippen LogP contribution < -0.4 is 10.2 Å². The lowest BCUT2D eigenvalue weighted by Crippen LogP contribution is -2.18. The summed E-state index contributed by atoms with van der Waals surface area (Å²) in [5.41, 5.74) is 3.95. The van der Waals surface area contributed by atoms with Gasteiger partial charge in [0.2, 0.25) is 5.91 Å². The number of hydrogen-bond acceptors (Lipinski definition) is 4. The normalized spacial score (nSPS) is 13.8. The van der Waals surface area contributed by atoms with E-state index >= 15 is 0 Å². The van der Waals surface area contributed by atoms with Gasteiger partial charge in [0, 0.05) is 35.4 Å². The Morgan fingerprint density at radius 2 is 1.77 bits per heavy atom. The first kappa shape index (κ1) is 16.8. The molecule has 1 aliphatic rings. The number of carbonyl (C=O) groups excluding carboxylic acids is 1. The Kier molecular flexibility index (Phi) is 4.97. The fourth-order valence-electron chi connectivity index (χ4n) is 3.20. The number of nitrogens with one attached hydrogen (secondary N) is 1. The first-order chi connectivity index (χ1) is 12.8. The molecule has 1 saturated heterocycles. The summed E-state index contributed by atoms with van der Waals surface area (Å²) in [6, 6.07) is 18.2. The molecule has 1 fully saturated rings. The van der Waals surface area contributed by atoms with Gasteiger partial charge in [0.15, 0.2) is 0 Å². The first-order valence-corrected chi connectivity index (χ1v) is 9.80. The molecule has 0 atom stereocenters. The van der Waals surface area contributed by atoms with Crippen LogP contribution in [0.4, 0.5) is 11.4 Å². The van der Waals surface area contributed by atoms with E-state index in [-0.39, 0.29) is 12.3 Å². The van der Waals surface area contributed by atoms with Gasteiger partial charge in [0.1, 0.15) is 5.01 Å². The summed E-state index contributed by atoms with van der Waals surface area (Å²) >= 11 is 1.57. The molecule has 1 amide bonds. The lowest BCUT2D eigenvalue weighted by Gasteiger charge is -2.17. The zero-order chi connectivity index (χ0) is 17.8. The number of benzene rings is 2. The number of thiazole rings is 1. The molecular weight excluding hydrogens is 342 g/mol. The topological polar surface area (TPSA) is 45.2 Å². The van der Waals surface area contributed by atoms with Crippen LogP contribution in [0.3, 0.4) is 0 Å². The maximum atomic E-state index is 12.3. The highest BCUT2D eigenvalue weighted by atomic mass is 32.1. The molecule has 5 heteroatoms. The number of nitrogens with zero attached hydrogens (tertiary/aromatic N) is 2. The zero-order valence-corrected chi connectivity index (χ0v) is 15.3. The number of amides is 1. The van der Waals surface area contributed by atoms with Crippen molar-refractivity contribution in [2.24, 2.45) is 0 Å². The summed E-state index contributed by atoms with van der Waals surface area (Å²) < 4.78 is 0. The van der Waals surface area contributed by atoms with Crippen molar-refractivity contribution in [2.45, 2.75) is 19.3 Å². The molecule has 0 unspecified atom stereocenters. The van der Waals surface area contributed by atoms with Gasteiger partial charge in [-0.3, -0.25) is 4.79 Å². The van der Waals surface area contributed by atoms with E-state index in [1.165, 1.54) is 18.5 Å². The summed E-state index contributed by atoms with van der Waals surface area (Å²) in [5.74, 6) is -0.0381. The molecule has 0 radical (unpaired) electrons. The minimum atomic E-state index is -0.0381. The smallest absolute Gasteiger partial charge is 0.230 e. The predicted molar refractivity (Wildman–Crippen MR) is 108 cm³/mol. The summed E-state index contributed by atoms with van der Waals surface area (Å²) in [5, 5.41) is 5.87. The maximum absolute atomic E-state index is 12.3. The molecule has 4 nitrogen and oxygen atoms in total. The minimum Gasteiger partial charge on any atom is -0.372 e. The van der Waals surface area contributed by atoms with Crippen molar-refractivity contribution >= 4 is 28.6 Å². The van der Waals surface area contributed by atoms with Crippen LogP contribution in [-0.4, -0.2) is 24.0 Å². The molecule has 4 rings (SSSR count). The lowest BCUT2D eigenvalue weighted by atomic mass is 10.2. The molecule has 132 valence electrons. The van der Waals surface area contributed by atoms with Gasteiger partial charge in [-0.2, -0.15) is 0 Å². The van der Waals surface area contributed by atoms with E-state index in [9.17, 15) is 4.79 Å². The average Bonchev–Trinajstić information content (AvgIpc) is 3.35. The lowest BCUT2D eigenvalue weighted by molar-refractivity contribution is -0.115. The van der Waals surface area contributed by atoms with Gasteiger partial charge in [0.25, 0.3) is 0 Å². The second-order valence-electron chi connectivity index (χ2n) is 6.48. The molecule has 0 spiro atoms. The fourth-order valence-corrected chi connectivity index (χ4v) is 4.03. The number of hydrogen-bond donors (Lipinski definition) is 1. The monoisotopic (exact) mass is 363 g/mol. The minimum absolute atomic E-state index is 0.0381. The van der Waals surface area contributed by atoms with Crippen LogP contribution in [0.25, 0.3) is 10.6 Å². The van der Waals surface area contributed by atoms with Gasteiger partial charge in [-0.25, -0.2) is 4.98 Å². The SMILES string of the molecule is O=C(Cc1csc(-c2ccccc2)n1)Nc1ccc(N2CCCC2)cc1. The van der Waals surface area contributed by atoms with Crippen molar-refractivity contribution in [3.8, 4) is 10.6 Å². The van der Waals surface area contributed by atoms with E-state index < -0.39 is 0 Å². The quantitative estimate of drug-likeness (QED) is 0.721. The number of rotatable bonds is 5. The van der Waals surface area contributed by atoms with E-state index in [4.69, 9.17) is 0 Å². The molecule has 1 aliphatic heterocycles. The third-order valence-electron chi connectivity index (χ3n) is 4.54. The van der Waals surface area contributed by atoms with Gasteiger partial charge in [-0.05, 0) is 37.1 Å². The second kappa shape index (κ2) is 7.70. The Balaban J connectivity index is 1.36. The van der Waals surface area contributed by atoms with Gasteiger partial charge in [-0.1, -0.05) is 30.3 Å². The Bertz CT molecular complexity index is 868. The summed E-state index contributed by atoms with van der Waals surface area (Å²) in [4.78, 5) is 19.3. The third-order valence-corrected chi connectivity index (χ3v) is 5.48. The Hall–Kier alpha value is -2.66. The van der Waals surface area contributed by atoms with Crippen LogP contribution >= 0.6 is 11.3 Å². The highest BCUT2D eigenvalue weighted by Crippen LogP contribution is 2.24. The predicted octanol–water partition coefficient (Wildman–Crippen LogP) is 4.59. The standard InChI is InChI=1S/C21H21N3OS/c25-20(14-18-15-26-21(23-18)16-6-2-1-3-7-16)22-17-8-10-19(11-9-17)24-12-4-5-13-24/h1-3,6-11,15H,4-5,12-14H2,(H,22,25). The Labute approximate surface area is 157 Å². The van der Waals surface area contributed by atoms with Crippen LogP contribution in [0.15, 0.2) is 60.0 Å². The molecule has 26 heavy (non-hydrogen) atoms. The second-order valence-corrected chi connectivity index (χ2v) is 7.33. The van der Waals surface area contributed by atoms with Crippen molar-refractivity contribution in [1.82, 2.24) is 4.98 Å². The summed E-state index contributed by atoms with van der Waals surface area (Å²) in [6.07, 6.45) is 2.81. The molecule has 0 bridgehead atoms. The van der Waals surface area contributed by atoms with Crippen LogP contribution in [0.5, 0.6) is 0 Å². The summed E-state index contributed by atoms with van der Waals surface area (Å²) in [6.45, 7) is 2.25. The van der Waals surface area contributed by atoms with Crippen molar-refractivity contribution in [3.63, 3.8) is 0 Å². The van der Waals surface area contributed by atoms with E-state index in [1.54, 1.807) is 11.3 Å². The molecule has 2 heterocycles. The molecular formula is C21H21N3OS. The van der Waals surface area contributed by atoms with E-state index in [0.29, 0.717) is 0 Å². The molecule has 0 saturated carbocycles. The molecule has 0 aliphatic carbocycles. The molecule has 1 aromatic heterocycles. The fraction of sp³-hybridized carbons (Fsp3) is 0.238. The first-order valence-electron chi connectivity index (χ1n) is 8.93. The molecule has 3 aromatic rings. The summed E-state index contributed by atoms with van der Waals surface area (Å²) in [7, 11) is 0. The molecule has 1 N–H and O–H groups in total. The van der Waals surface area contributed by atoms with Crippen molar-refractivity contribution in [3.05, 3.63) is 65.7 Å². The van der Waals surface area contributed by atoms with Crippen molar-refractivity contribution in [1.29, 1.82) is 0 Å². The van der Waals surface area contributed by atoms with Crippen LogP contribution in [0.2, 0.25) is 0 Å². The highest BCUT2D eigenvalue weighted by molar-refractivity contribution is 7.13. The molecule has 2 aromatic carbocycles. The number of aromatic nitrogens is 1. The van der Waals surface area contributed by atoms with Gasteiger partial charge in [0.05, 0.1) is 12.1 Å². The Morgan fingerprint density at radius 1 is 1.04 bits per heavy atom. The van der Waals surface area contributed by atoms with Crippen LogP contribution in [0.1, 0.15) is 18.5 Å². The van der Waals surface area contributed by atoms with E-state index in [0.717, 1.165) is 35.0 Å². The van der Waals surface area contributed by atoms with E-state index in [1.807, 2.05) is 47.8 Å². The third kappa shape index (κ3) is 3.94. The van der Waals surface area contributed by atoms with E-state index in [2.05, 4.69) is 27.3 Å². The van der Waals surface area contributed by atoms with Crippen molar-refractivity contribution in [2.75, 3.05) is 23.3 Å². The van der Waals surface area contributed by atoms with Crippen molar-refractivity contribution < 1.29 is 4.79 Å². The van der Waals surface area contributed by atoms with Gasteiger partial charge < -0.3 is 10.2 Å². The van der Waals surface area contributed by atoms with Crippen LogP contribution in [0, 0.1) is 0 Å². The Morgan fingerprint density at radius 3 is 2.50 bits per heavy atom. The zero-order valence-electron chi connectivity index (χ0n) is 14.5.